The monoisotopic (exact) mass is 376 g/mol. The molecule has 1 aromatic heterocycles. The molecule has 0 radical (unpaired) electrons. The zero-order valence-electron chi connectivity index (χ0n) is 14.0. The molecule has 0 saturated carbocycles. The summed E-state index contributed by atoms with van der Waals surface area (Å²) in [5, 5.41) is 20.9. The highest BCUT2D eigenvalue weighted by Gasteiger charge is 2.20. The molecule has 0 unspecified atom stereocenters. The fraction of sp³-hybridized carbons (Fsp3) is 0.412. The van der Waals surface area contributed by atoms with Gasteiger partial charge in [0.1, 0.15) is 6.07 Å². The van der Waals surface area contributed by atoms with Gasteiger partial charge in [-0.2, -0.15) is 5.26 Å². The van der Waals surface area contributed by atoms with Gasteiger partial charge >= 0.3 is 5.69 Å². The van der Waals surface area contributed by atoms with Gasteiger partial charge in [0.25, 0.3) is 0 Å². The predicted octanol–water partition coefficient (Wildman–Crippen LogP) is 2.77. The molecule has 8 nitrogen and oxygen atoms in total. The summed E-state index contributed by atoms with van der Waals surface area (Å²) in [5.41, 5.74) is 0.429. The average Bonchev–Trinajstić information content (AvgIpc) is 2.66. The second kappa shape index (κ2) is 8.27. The van der Waals surface area contributed by atoms with Crippen LogP contribution in [0.15, 0.2) is 18.3 Å². The van der Waals surface area contributed by atoms with E-state index in [0.717, 1.165) is 39.3 Å². The Kier molecular flexibility index (Phi) is 5.83. The number of nitro benzene ring substituents is 1. The highest BCUT2D eigenvalue weighted by Crippen LogP contribution is 2.35. The fourth-order valence-corrected chi connectivity index (χ4v) is 3.05. The topological polar surface area (TPSA) is 102 Å². The minimum atomic E-state index is -0.522. The third-order valence-electron chi connectivity index (χ3n) is 4.18. The number of fused-ring (bicyclic) bond motifs is 1. The van der Waals surface area contributed by atoms with E-state index in [-0.39, 0.29) is 22.0 Å². The number of halogens is 1. The SMILES string of the molecule is N#Cc1cnc2cc(OCCCN3CCOCC3)c([N+](=O)[O-])cc2c1Cl. The number of nitrogens with zero attached hydrogens (tertiary/aromatic N) is 4. The first-order valence-corrected chi connectivity index (χ1v) is 8.57. The molecule has 0 spiro atoms. The lowest BCUT2D eigenvalue weighted by atomic mass is 10.1. The number of rotatable bonds is 6. The highest BCUT2D eigenvalue weighted by atomic mass is 35.5. The molecule has 1 aromatic carbocycles. The minimum Gasteiger partial charge on any atom is -0.487 e. The lowest BCUT2D eigenvalue weighted by Gasteiger charge is -2.26. The summed E-state index contributed by atoms with van der Waals surface area (Å²) in [4.78, 5) is 17.3. The van der Waals surface area contributed by atoms with E-state index in [2.05, 4.69) is 9.88 Å². The summed E-state index contributed by atoms with van der Waals surface area (Å²) in [6.45, 7) is 4.44. The molecule has 0 amide bonds. The summed E-state index contributed by atoms with van der Waals surface area (Å²) in [7, 11) is 0. The van der Waals surface area contributed by atoms with Crippen LogP contribution in [0.2, 0.25) is 5.02 Å². The first-order valence-electron chi connectivity index (χ1n) is 8.20. The maximum atomic E-state index is 11.4. The molecule has 3 rings (SSSR count). The smallest absolute Gasteiger partial charge is 0.311 e. The Bertz CT molecular complexity index is 862. The molecule has 136 valence electrons. The molecule has 0 bridgehead atoms. The Hall–Kier alpha value is -2.47. The molecule has 9 heteroatoms. The number of pyridine rings is 1. The maximum Gasteiger partial charge on any atom is 0.311 e. The van der Waals surface area contributed by atoms with E-state index < -0.39 is 4.92 Å². The molecule has 1 aliphatic rings. The number of morpholine rings is 1. The van der Waals surface area contributed by atoms with Crippen molar-refractivity contribution in [1.82, 2.24) is 9.88 Å². The van der Waals surface area contributed by atoms with Crippen LogP contribution in [-0.4, -0.2) is 54.3 Å². The van der Waals surface area contributed by atoms with Crippen molar-refractivity contribution in [3.63, 3.8) is 0 Å². The van der Waals surface area contributed by atoms with Crippen molar-refractivity contribution in [2.45, 2.75) is 6.42 Å². The van der Waals surface area contributed by atoms with E-state index in [9.17, 15) is 10.1 Å². The Morgan fingerprint density at radius 2 is 2.19 bits per heavy atom. The zero-order chi connectivity index (χ0) is 18.5. The van der Waals surface area contributed by atoms with Crippen LogP contribution in [0.1, 0.15) is 12.0 Å². The largest absolute Gasteiger partial charge is 0.487 e. The normalized spacial score (nSPS) is 14.9. The number of hydrogen-bond acceptors (Lipinski definition) is 7. The minimum absolute atomic E-state index is 0.151. The van der Waals surface area contributed by atoms with Crippen molar-refractivity contribution in [3.8, 4) is 11.8 Å². The molecule has 0 atom stereocenters. The van der Waals surface area contributed by atoms with E-state index in [1.54, 1.807) is 0 Å². The number of nitro groups is 1. The second-order valence-electron chi connectivity index (χ2n) is 5.85. The predicted molar refractivity (Wildman–Crippen MR) is 95.5 cm³/mol. The number of ether oxygens (including phenoxy) is 2. The summed E-state index contributed by atoms with van der Waals surface area (Å²) in [5.74, 6) is 0.151. The Balaban J connectivity index is 1.75. The van der Waals surface area contributed by atoms with Crippen molar-refractivity contribution >= 4 is 28.2 Å². The molecule has 0 aliphatic carbocycles. The molecule has 0 N–H and O–H groups in total. The molecule has 1 fully saturated rings. The molecule has 26 heavy (non-hydrogen) atoms. The molecular formula is C17H17ClN4O4. The Labute approximate surface area is 155 Å². The van der Waals surface area contributed by atoms with Gasteiger partial charge < -0.3 is 9.47 Å². The van der Waals surface area contributed by atoms with Crippen molar-refractivity contribution in [3.05, 3.63) is 39.0 Å². The molecule has 2 aromatic rings. The third-order valence-corrected chi connectivity index (χ3v) is 4.59. The lowest BCUT2D eigenvalue weighted by Crippen LogP contribution is -2.37. The molecule has 1 aliphatic heterocycles. The maximum absolute atomic E-state index is 11.4. The van der Waals surface area contributed by atoms with Crippen LogP contribution in [0.3, 0.4) is 0 Å². The molecule has 1 saturated heterocycles. The van der Waals surface area contributed by atoms with Crippen molar-refractivity contribution < 1.29 is 14.4 Å². The summed E-state index contributed by atoms with van der Waals surface area (Å²) < 4.78 is 10.9. The van der Waals surface area contributed by atoms with Gasteiger partial charge in [0.15, 0.2) is 5.75 Å². The number of aromatic nitrogens is 1. The van der Waals surface area contributed by atoms with Crippen LogP contribution in [0, 0.1) is 21.4 Å². The Morgan fingerprint density at radius 3 is 2.88 bits per heavy atom. The van der Waals surface area contributed by atoms with Crippen molar-refractivity contribution in [2.75, 3.05) is 39.5 Å². The summed E-state index contributed by atoms with van der Waals surface area (Å²) >= 11 is 6.14. The van der Waals surface area contributed by atoms with Gasteiger partial charge in [-0.15, -0.1) is 0 Å². The standard InChI is InChI=1S/C17H17ClN4O4/c18-17-12(10-19)11-20-14-9-16(15(22(23)24)8-13(14)17)26-5-1-2-21-3-6-25-7-4-21/h8-9,11H,1-7H2. The van der Waals surface area contributed by atoms with E-state index in [1.807, 2.05) is 6.07 Å². The van der Waals surface area contributed by atoms with Gasteiger partial charge in [-0.3, -0.25) is 20.0 Å². The van der Waals surface area contributed by atoms with Gasteiger partial charge in [0.05, 0.1) is 40.8 Å². The van der Waals surface area contributed by atoms with E-state index in [4.69, 9.17) is 26.3 Å². The highest BCUT2D eigenvalue weighted by molar-refractivity contribution is 6.36. The first kappa shape index (κ1) is 18.3. The van der Waals surface area contributed by atoms with Gasteiger partial charge in [-0.25, -0.2) is 0 Å². The van der Waals surface area contributed by atoms with Crippen molar-refractivity contribution in [1.29, 1.82) is 5.26 Å². The fourth-order valence-electron chi connectivity index (χ4n) is 2.81. The van der Waals surface area contributed by atoms with Crippen LogP contribution >= 0.6 is 11.6 Å². The van der Waals surface area contributed by atoms with Gasteiger partial charge in [-0.1, -0.05) is 11.6 Å². The number of hydrogen-bond donors (Lipinski definition) is 0. The zero-order valence-corrected chi connectivity index (χ0v) is 14.7. The van der Waals surface area contributed by atoms with Crippen LogP contribution in [0.25, 0.3) is 10.9 Å². The quantitative estimate of drug-likeness (QED) is 0.434. The Morgan fingerprint density at radius 1 is 1.42 bits per heavy atom. The second-order valence-corrected chi connectivity index (χ2v) is 6.23. The number of benzene rings is 1. The lowest BCUT2D eigenvalue weighted by molar-refractivity contribution is -0.385. The third kappa shape index (κ3) is 4.02. The average molecular weight is 377 g/mol. The van der Waals surface area contributed by atoms with Gasteiger partial charge in [-0.05, 0) is 6.42 Å². The van der Waals surface area contributed by atoms with E-state index >= 15 is 0 Å². The van der Waals surface area contributed by atoms with Crippen LogP contribution < -0.4 is 4.74 Å². The van der Waals surface area contributed by atoms with Gasteiger partial charge in [0, 0.05) is 43.4 Å². The van der Waals surface area contributed by atoms with Crippen LogP contribution in [-0.2, 0) is 4.74 Å². The van der Waals surface area contributed by atoms with Crippen LogP contribution in [0.5, 0.6) is 5.75 Å². The van der Waals surface area contributed by atoms with E-state index in [1.165, 1.54) is 18.3 Å². The first-order chi connectivity index (χ1) is 12.6. The summed E-state index contributed by atoms with van der Waals surface area (Å²) in [6.07, 6.45) is 2.09. The van der Waals surface area contributed by atoms with Crippen LogP contribution in [0.4, 0.5) is 5.69 Å². The van der Waals surface area contributed by atoms with Gasteiger partial charge in [0.2, 0.25) is 0 Å². The van der Waals surface area contributed by atoms with E-state index in [0.29, 0.717) is 17.5 Å². The van der Waals surface area contributed by atoms with Crippen molar-refractivity contribution in [2.24, 2.45) is 0 Å². The molecular weight excluding hydrogens is 360 g/mol. The number of nitriles is 1. The molecule has 2 heterocycles. The summed E-state index contributed by atoms with van der Waals surface area (Å²) in [6, 6.07) is 4.72.